The van der Waals surface area contributed by atoms with Crippen LogP contribution >= 0.6 is 0 Å². The van der Waals surface area contributed by atoms with Crippen LogP contribution in [0.3, 0.4) is 0 Å². The number of nitrogens with one attached hydrogen (secondary N) is 1. The Kier molecular flexibility index (Phi) is 2.99. The van der Waals surface area contributed by atoms with E-state index in [-0.39, 0.29) is 23.1 Å². The third-order valence-corrected chi connectivity index (χ3v) is 4.10. The lowest BCUT2D eigenvalue weighted by molar-refractivity contribution is 0.0217. The predicted molar refractivity (Wildman–Crippen MR) is 51.5 cm³/mol. The summed E-state index contributed by atoms with van der Waals surface area (Å²) < 4.78 is 26.8. The summed E-state index contributed by atoms with van der Waals surface area (Å²) in [5.41, 5.74) is -0.223. The van der Waals surface area contributed by atoms with Gasteiger partial charge in [-0.1, -0.05) is 0 Å². The zero-order valence-corrected chi connectivity index (χ0v) is 9.15. The molecule has 0 unspecified atom stereocenters. The van der Waals surface area contributed by atoms with E-state index in [4.69, 9.17) is 4.74 Å². The van der Waals surface area contributed by atoms with Crippen molar-refractivity contribution in [3.05, 3.63) is 0 Å². The van der Waals surface area contributed by atoms with E-state index in [0.717, 1.165) is 0 Å². The maximum atomic E-state index is 10.8. The Morgan fingerprint density at radius 1 is 1.46 bits per heavy atom. The Morgan fingerprint density at radius 3 is 2.38 bits per heavy atom. The van der Waals surface area contributed by atoms with Crippen LogP contribution in [0.4, 0.5) is 0 Å². The highest BCUT2D eigenvalue weighted by Gasteiger charge is 2.33. The molecule has 0 bridgehead atoms. The van der Waals surface area contributed by atoms with Crippen molar-refractivity contribution in [3.8, 4) is 0 Å². The van der Waals surface area contributed by atoms with Crippen molar-refractivity contribution in [1.29, 1.82) is 0 Å². The van der Waals surface area contributed by atoms with Crippen LogP contribution in [0.5, 0.6) is 0 Å². The maximum absolute atomic E-state index is 10.8. The van der Waals surface area contributed by atoms with Crippen LogP contribution in [0, 0.1) is 0 Å². The molecule has 5 heteroatoms. The smallest absolute Gasteiger partial charge is 0.153 e. The van der Waals surface area contributed by atoms with Gasteiger partial charge in [-0.3, -0.25) is 0 Å². The van der Waals surface area contributed by atoms with Gasteiger partial charge in [0.1, 0.15) is 0 Å². The molecule has 1 fully saturated rings. The quantitative estimate of drug-likeness (QED) is 0.693. The molecule has 13 heavy (non-hydrogen) atoms. The molecule has 1 heterocycles. The molecule has 1 aliphatic heterocycles. The van der Waals surface area contributed by atoms with E-state index >= 15 is 0 Å². The van der Waals surface area contributed by atoms with Crippen molar-refractivity contribution < 1.29 is 13.2 Å². The lowest BCUT2D eigenvalue weighted by Crippen LogP contribution is -2.54. The lowest BCUT2D eigenvalue weighted by Gasteiger charge is -2.31. The van der Waals surface area contributed by atoms with Gasteiger partial charge < -0.3 is 10.1 Å². The summed E-state index contributed by atoms with van der Waals surface area (Å²) >= 11 is 0. The van der Waals surface area contributed by atoms with E-state index in [1.165, 1.54) is 0 Å². The number of hydrogen-bond acceptors (Lipinski definition) is 4. The van der Waals surface area contributed by atoms with Gasteiger partial charge in [0.05, 0.1) is 17.1 Å². The summed E-state index contributed by atoms with van der Waals surface area (Å²) in [5.74, 6) is 0.541. The molecule has 0 spiro atoms. The first-order valence-corrected chi connectivity index (χ1v) is 6.16. The Labute approximate surface area is 79.6 Å². The third-order valence-electron chi connectivity index (χ3n) is 2.28. The normalized spacial score (nSPS) is 22.7. The Balaban J connectivity index is 2.23. The SMILES string of the molecule is COC(C)(C)CNC1CS(=O)(=O)C1. The molecule has 4 nitrogen and oxygen atoms in total. The zero-order chi connectivity index (χ0) is 10.1. The average Bonchev–Trinajstić information content (AvgIpc) is 1.97. The number of hydrogen-bond donors (Lipinski definition) is 1. The largest absolute Gasteiger partial charge is 0.377 e. The summed E-state index contributed by atoms with van der Waals surface area (Å²) in [4.78, 5) is 0. The molecule has 1 saturated heterocycles. The molecule has 0 aliphatic carbocycles. The highest BCUT2D eigenvalue weighted by molar-refractivity contribution is 7.92. The molecule has 1 rings (SSSR count). The summed E-state index contributed by atoms with van der Waals surface area (Å²) in [5, 5.41) is 3.16. The fourth-order valence-corrected chi connectivity index (χ4v) is 2.51. The first-order chi connectivity index (χ1) is 5.85. The first kappa shape index (κ1) is 10.9. The van der Waals surface area contributed by atoms with Crippen molar-refractivity contribution in [2.75, 3.05) is 25.2 Å². The van der Waals surface area contributed by atoms with E-state index in [0.29, 0.717) is 6.54 Å². The second kappa shape index (κ2) is 3.55. The highest BCUT2D eigenvalue weighted by Crippen LogP contribution is 2.12. The molecule has 78 valence electrons. The van der Waals surface area contributed by atoms with Gasteiger partial charge in [-0.25, -0.2) is 8.42 Å². The molecule has 1 aliphatic rings. The van der Waals surface area contributed by atoms with Gasteiger partial charge in [-0.2, -0.15) is 0 Å². The predicted octanol–water partition coefficient (Wildman–Crippen LogP) is -0.202. The first-order valence-electron chi connectivity index (χ1n) is 4.34. The van der Waals surface area contributed by atoms with Gasteiger partial charge in [0.25, 0.3) is 0 Å². The molecule has 0 aromatic rings. The molecule has 1 N–H and O–H groups in total. The lowest BCUT2D eigenvalue weighted by atomic mass is 10.1. The molecule has 0 radical (unpaired) electrons. The van der Waals surface area contributed by atoms with Crippen molar-refractivity contribution >= 4 is 9.84 Å². The number of ether oxygens (including phenoxy) is 1. The zero-order valence-electron chi connectivity index (χ0n) is 8.33. The molecule has 0 aromatic carbocycles. The van der Waals surface area contributed by atoms with Crippen molar-refractivity contribution in [3.63, 3.8) is 0 Å². The second-order valence-electron chi connectivity index (χ2n) is 4.12. The van der Waals surface area contributed by atoms with Crippen LogP contribution in [-0.2, 0) is 14.6 Å². The van der Waals surface area contributed by atoms with Crippen LogP contribution < -0.4 is 5.32 Å². The number of sulfone groups is 1. The molecule has 0 aromatic heterocycles. The minimum absolute atomic E-state index is 0.124. The Hall–Kier alpha value is -0.130. The van der Waals surface area contributed by atoms with Crippen LogP contribution in [0.1, 0.15) is 13.8 Å². The van der Waals surface area contributed by atoms with E-state index in [2.05, 4.69) is 5.32 Å². The standard InChI is InChI=1S/C8H17NO3S/c1-8(2,12-3)6-9-7-4-13(10,11)5-7/h7,9H,4-6H2,1-3H3. The minimum Gasteiger partial charge on any atom is -0.377 e. The fourth-order valence-electron chi connectivity index (χ4n) is 1.14. The average molecular weight is 207 g/mol. The van der Waals surface area contributed by atoms with Crippen LogP contribution in [0.15, 0.2) is 0 Å². The number of methoxy groups -OCH3 is 1. The van der Waals surface area contributed by atoms with Gasteiger partial charge in [-0.05, 0) is 13.8 Å². The minimum atomic E-state index is -2.71. The van der Waals surface area contributed by atoms with Crippen molar-refractivity contribution in [2.24, 2.45) is 0 Å². The topological polar surface area (TPSA) is 55.4 Å². The summed E-state index contributed by atoms with van der Waals surface area (Å²) in [7, 11) is -1.06. The van der Waals surface area contributed by atoms with Gasteiger partial charge in [0, 0.05) is 19.7 Å². The van der Waals surface area contributed by atoms with Gasteiger partial charge >= 0.3 is 0 Å². The molecular weight excluding hydrogens is 190 g/mol. The van der Waals surface area contributed by atoms with Gasteiger partial charge in [-0.15, -0.1) is 0 Å². The van der Waals surface area contributed by atoms with Crippen molar-refractivity contribution in [1.82, 2.24) is 5.32 Å². The monoisotopic (exact) mass is 207 g/mol. The van der Waals surface area contributed by atoms with E-state index in [9.17, 15) is 8.42 Å². The van der Waals surface area contributed by atoms with Crippen LogP contribution in [0.2, 0.25) is 0 Å². The molecule has 0 saturated carbocycles. The molecule has 0 amide bonds. The number of rotatable bonds is 4. The Morgan fingerprint density at radius 2 is 2.00 bits per heavy atom. The maximum Gasteiger partial charge on any atom is 0.153 e. The van der Waals surface area contributed by atoms with E-state index < -0.39 is 9.84 Å². The Bertz CT molecular complexity index is 259. The van der Waals surface area contributed by atoms with Crippen LogP contribution in [0.25, 0.3) is 0 Å². The highest BCUT2D eigenvalue weighted by atomic mass is 32.2. The second-order valence-corrected chi connectivity index (χ2v) is 6.27. The third kappa shape index (κ3) is 3.25. The molecule has 0 atom stereocenters. The van der Waals surface area contributed by atoms with E-state index in [1.54, 1.807) is 7.11 Å². The fraction of sp³-hybridized carbons (Fsp3) is 1.00. The van der Waals surface area contributed by atoms with E-state index in [1.807, 2.05) is 13.8 Å². The van der Waals surface area contributed by atoms with Gasteiger partial charge in [0.15, 0.2) is 9.84 Å². The van der Waals surface area contributed by atoms with Crippen molar-refractivity contribution in [2.45, 2.75) is 25.5 Å². The summed E-state index contributed by atoms with van der Waals surface area (Å²) in [6.45, 7) is 4.62. The summed E-state index contributed by atoms with van der Waals surface area (Å²) in [6.07, 6.45) is 0. The molecular formula is C8H17NO3S. The summed E-state index contributed by atoms with van der Waals surface area (Å²) in [6, 6.07) is 0.124. The van der Waals surface area contributed by atoms with Gasteiger partial charge in [0.2, 0.25) is 0 Å². The van der Waals surface area contributed by atoms with Crippen LogP contribution in [-0.4, -0.2) is 45.2 Å².